The smallest absolute Gasteiger partial charge is 0.164 e. The largest absolute Gasteiger partial charge is 0.455 e. The molecule has 3 heterocycles. The van der Waals surface area contributed by atoms with Crippen LogP contribution in [0.3, 0.4) is 0 Å². The van der Waals surface area contributed by atoms with Crippen LogP contribution >= 0.6 is 0 Å². The lowest BCUT2D eigenvalue weighted by Crippen LogP contribution is -2.02. The van der Waals surface area contributed by atoms with Crippen LogP contribution in [-0.2, 0) is 0 Å². The molecular formula is C61H38N4O. The average molecular weight is 843 g/mol. The molecule has 0 saturated carbocycles. The van der Waals surface area contributed by atoms with Crippen molar-refractivity contribution in [1.82, 2.24) is 19.5 Å². The Morgan fingerprint density at radius 2 is 0.803 bits per heavy atom. The van der Waals surface area contributed by atoms with E-state index in [0.717, 1.165) is 77.6 Å². The van der Waals surface area contributed by atoms with E-state index in [1.807, 2.05) is 48.5 Å². The Bertz CT molecular complexity index is 3960. The van der Waals surface area contributed by atoms with Gasteiger partial charge in [-0.15, -0.1) is 0 Å². The van der Waals surface area contributed by atoms with E-state index in [4.69, 9.17) is 19.4 Å². The van der Waals surface area contributed by atoms with Gasteiger partial charge in [0, 0.05) is 49.4 Å². The van der Waals surface area contributed by atoms with Crippen molar-refractivity contribution in [3.63, 3.8) is 0 Å². The SMILES string of the molecule is c1ccc(-c2ccc(-c3ccc(-c4nc(-c5ccccc5)nc(-c5ccc(-n6c7ccccc7c7cc8ccccc8cc76)c(-c6cccc7c6oc6ccccc67)c5)n4)cc3)cc2)cc1. The molecule has 308 valence electrons. The normalized spacial score (nSPS) is 11.6. The van der Waals surface area contributed by atoms with E-state index < -0.39 is 0 Å². The number of para-hydroxylation sites is 3. The van der Waals surface area contributed by atoms with Crippen LogP contribution in [-0.4, -0.2) is 19.5 Å². The quantitative estimate of drug-likeness (QED) is 0.160. The van der Waals surface area contributed by atoms with Crippen LogP contribution in [0.1, 0.15) is 0 Å². The molecule has 0 saturated heterocycles. The molecular weight excluding hydrogens is 805 g/mol. The molecule has 0 N–H and O–H groups in total. The van der Waals surface area contributed by atoms with Crippen LogP contribution in [0.5, 0.6) is 0 Å². The van der Waals surface area contributed by atoms with Crippen LogP contribution in [0.15, 0.2) is 235 Å². The third kappa shape index (κ3) is 6.36. The molecule has 0 fully saturated rings. The van der Waals surface area contributed by atoms with Gasteiger partial charge in [-0.3, -0.25) is 0 Å². The first-order valence-electron chi connectivity index (χ1n) is 22.3. The van der Waals surface area contributed by atoms with Gasteiger partial charge in [-0.05, 0) is 75.5 Å². The molecule has 5 nitrogen and oxygen atoms in total. The van der Waals surface area contributed by atoms with Crippen molar-refractivity contribution in [3.8, 4) is 73.2 Å². The van der Waals surface area contributed by atoms with Crippen molar-refractivity contribution in [3.05, 3.63) is 231 Å². The molecule has 5 heteroatoms. The Morgan fingerprint density at radius 3 is 1.50 bits per heavy atom. The van der Waals surface area contributed by atoms with Crippen LogP contribution in [0.25, 0.3) is 128 Å². The predicted octanol–water partition coefficient (Wildman–Crippen LogP) is 16.0. The average Bonchev–Trinajstić information content (AvgIpc) is 3.94. The molecule has 13 rings (SSSR count). The second kappa shape index (κ2) is 15.4. The van der Waals surface area contributed by atoms with Gasteiger partial charge in [-0.25, -0.2) is 15.0 Å². The minimum atomic E-state index is 0.581. The minimum absolute atomic E-state index is 0.581. The Labute approximate surface area is 380 Å². The van der Waals surface area contributed by atoms with Gasteiger partial charge < -0.3 is 8.98 Å². The molecule has 0 atom stereocenters. The van der Waals surface area contributed by atoms with Gasteiger partial charge in [0.1, 0.15) is 11.2 Å². The van der Waals surface area contributed by atoms with Gasteiger partial charge in [0.25, 0.3) is 0 Å². The van der Waals surface area contributed by atoms with Crippen LogP contribution in [0.4, 0.5) is 0 Å². The second-order valence-electron chi connectivity index (χ2n) is 16.8. The zero-order valence-corrected chi connectivity index (χ0v) is 35.6. The first-order valence-corrected chi connectivity index (χ1v) is 22.3. The van der Waals surface area contributed by atoms with Crippen molar-refractivity contribution in [2.24, 2.45) is 0 Å². The summed E-state index contributed by atoms with van der Waals surface area (Å²) in [5, 5.41) is 6.94. The van der Waals surface area contributed by atoms with E-state index in [0.29, 0.717) is 17.5 Å². The van der Waals surface area contributed by atoms with Gasteiger partial charge in [0.2, 0.25) is 0 Å². The molecule has 10 aromatic carbocycles. The van der Waals surface area contributed by atoms with E-state index in [9.17, 15) is 0 Å². The first-order chi connectivity index (χ1) is 32.7. The van der Waals surface area contributed by atoms with Crippen molar-refractivity contribution in [2.75, 3.05) is 0 Å². The standard InChI is InChI=1S/C61H38N4O/c1-3-14-39(15-4-1)40-26-28-41(29-27-40)42-30-32-44(33-31-42)60-62-59(43-16-5-2-6-17-43)63-61(64-60)47-34-35-55(53(37-47)51-23-13-22-50-49-21-10-12-25-57(49)66-58(50)51)65-54-24-11-9-20-48(54)52-36-45-18-7-8-19-46(45)38-56(52)65/h1-38H. The highest BCUT2D eigenvalue weighted by molar-refractivity contribution is 6.15. The summed E-state index contributed by atoms with van der Waals surface area (Å²) < 4.78 is 9.16. The van der Waals surface area contributed by atoms with Crippen molar-refractivity contribution in [2.45, 2.75) is 0 Å². The number of hydrogen-bond donors (Lipinski definition) is 0. The molecule has 0 spiro atoms. The second-order valence-corrected chi connectivity index (χ2v) is 16.8. The van der Waals surface area contributed by atoms with E-state index in [-0.39, 0.29) is 0 Å². The lowest BCUT2D eigenvalue weighted by molar-refractivity contribution is 0.670. The number of hydrogen-bond acceptors (Lipinski definition) is 4. The number of aromatic nitrogens is 4. The minimum Gasteiger partial charge on any atom is -0.455 e. The highest BCUT2D eigenvalue weighted by atomic mass is 16.3. The van der Waals surface area contributed by atoms with Crippen LogP contribution in [0.2, 0.25) is 0 Å². The van der Waals surface area contributed by atoms with Gasteiger partial charge in [-0.2, -0.15) is 0 Å². The molecule has 3 aromatic heterocycles. The number of rotatable bonds is 7. The monoisotopic (exact) mass is 842 g/mol. The lowest BCUT2D eigenvalue weighted by Gasteiger charge is -2.16. The van der Waals surface area contributed by atoms with Gasteiger partial charge >= 0.3 is 0 Å². The third-order valence-corrected chi connectivity index (χ3v) is 12.9. The maximum Gasteiger partial charge on any atom is 0.164 e. The molecule has 0 amide bonds. The molecule has 0 bridgehead atoms. The molecule has 13 aromatic rings. The van der Waals surface area contributed by atoms with Crippen molar-refractivity contribution >= 4 is 54.5 Å². The Balaban J connectivity index is 1.00. The molecule has 0 aliphatic heterocycles. The summed E-state index contributed by atoms with van der Waals surface area (Å²) in [6.07, 6.45) is 0. The fraction of sp³-hybridized carbons (Fsp3) is 0. The van der Waals surface area contributed by atoms with E-state index in [2.05, 4.69) is 187 Å². The van der Waals surface area contributed by atoms with E-state index in [1.54, 1.807) is 0 Å². The Hall–Kier alpha value is -8.93. The zero-order chi connectivity index (χ0) is 43.6. The molecule has 0 aliphatic rings. The molecule has 0 unspecified atom stereocenters. The summed E-state index contributed by atoms with van der Waals surface area (Å²) in [5.41, 5.74) is 14.3. The maximum absolute atomic E-state index is 6.76. The summed E-state index contributed by atoms with van der Waals surface area (Å²) in [6.45, 7) is 0. The van der Waals surface area contributed by atoms with Crippen molar-refractivity contribution < 1.29 is 4.42 Å². The lowest BCUT2D eigenvalue weighted by atomic mass is 9.97. The van der Waals surface area contributed by atoms with Crippen molar-refractivity contribution in [1.29, 1.82) is 0 Å². The summed E-state index contributed by atoms with van der Waals surface area (Å²) in [4.78, 5) is 15.6. The van der Waals surface area contributed by atoms with Crippen LogP contribution in [0, 0.1) is 0 Å². The number of nitrogens with zero attached hydrogens (tertiary/aromatic N) is 4. The molecule has 0 radical (unpaired) electrons. The summed E-state index contributed by atoms with van der Waals surface area (Å²) in [7, 11) is 0. The highest BCUT2D eigenvalue weighted by Crippen LogP contribution is 2.43. The maximum atomic E-state index is 6.76. The van der Waals surface area contributed by atoms with E-state index in [1.165, 1.54) is 32.7 Å². The molecule has 0 aliphatic carbocycles. The highest BCUT2D eigenvalue weighted by Gasteiger charge is 2.22. The number of furan rings is 1. The Kier molecular flexibility index (Phi) is 8.78. The fourth-order valence-electron chi connectivity index (χ4n) is 9.61. The van der Waals surface area contributed by atoms with Crippen LogP contribution < -0.4 is 0 Å². The predicted molar refractivity (Wildman–Crippen MR) is 272 cm³/mol. The first kappa shape index (κ1) is 37.6. The van der Waals surface area contributed by atoms with E-state index >= 15 is 0 Å². The van der Waals surface area contributed by atoms with Gasteiger partial charge in [0.15, 0.2) is 17.5 Å². The number of fused-ring (bicyclic) bond motifs is 7. The number of benzene rings is 10. The molecule has 66 heavy (non-hydrogen) atoms. The van der Waals surface area contributed by atoms with Gasteiger partial charge in [0.05, 0.1) is 16.7 Å². The third-order valence-electron chi connectivity index (χ3n) is 12.9. The summed E-state index contributed by atoms with van der Waals surface area (Å²) in [5.74, 6) is 1.79. The topological polar surface area (TPSA) is 56.7 Å². The Morgan fingerprint density at radius 1 is 0.303 bits per heavy atom. The summed E-state index contributed by atoms with van der Waals surface area (Å²) >= 11 is 0. The van der Waals surface area contributed by atoms with Gasteiger partial charge in [-0.1, -0.05) is 188 Å². The zero-order valence-electron chi connectivity index (χ0n) is 35.6. The summed E-state index contributed by atoms with van der Waals surface area (Å²) in [6, 6.07) is 81.1. The fourth-order valence-corrected chi connectivity index (χ4v) is 9.61.